The van der Waals surface area contributed by atoms with E-state index < -0.39 is 20.0 Å². The van der Waals surface area contributed by atoms with Gasteiger partial charge in [-0.2, -0.15) is 8.61 Å². The number of piperazine rings is 2. The van der Waals surface area contributed by atoms with E-state index in [0.29, 0.717) is 87.5 Å². The van der Waals surface area contributed by atoms with Crippen LogP contribution in [0.3, 0.4) is 0 Å². The first-order valence-electron chi connectivity index (χ1n) is 26.3. The van der Waals surface area contributed by atoms with Crippen molar-refractivity contribution in [2.45, 2.75) is 75.5 Å². The highest BCUT2D eigenvalue weighted by Gasteiger charge is 2.38. The average molecular weight is 1130 g/mol. The zero-order valence-corrected chi connectivity index (χ0v) is 45.8. The molecule has 0 unspecified atom stereocenters. The van der Waals surface area contributed by atoms with E-state index >= 15 is 0 Å². The maximum atomic E-state index is 13.4. The molecule has 4 fully saturated rings. The highest BCUT2D eigenvalue weighted by molar-refractivity contribution is 7.88. The Balaban J connectivity index is 0.000000179. The molecule has 2 saturated carbocycles. The molecule has 4 aromatic carbocycles. The molecule has 0 bridgehead atoms. The molecule has 0 spiro atoms. The van der Waals surface area contributed by atoms with Crippen LogP contribution in [0.2, 0.25) is 0 Å². The number of halogens is 4. The van der Waals surface area contributed by atoms with Crippen LogP contribution in [0.15, 0.2) is 119 Å². The summed E-state index contributed by atoms with van der Waals surface area (Å²) in [6.07, 6.45) is 10.7. The Labute approximate surface area is 457 Å². The first-order valence-corrected chi connectivity index (χ1v) is 30.0. The number of hydrogen-bond donors (Lipinski definition) is 2. The van der Waals surface area contributed by atoms with Crippen molar-refractivity contribution >= 4 is 38.0 Å². The lowest BCUT2D eigenvalue weighted by Gasteiger charge is -2.33. The lowest BCUT2D eigenvalue weighted by atomic mass is 10.1. The molecule has 79 heavy (non-hydrogen) atoms. The molecular formula is C56H66F4N10O7S2. The van der Waals surface area contributed by atoms with Gasteiger partial charge in [-0.05, 0) is 109 Å². The SMILES string of the molecule is CS(=O)(=O)N1CCN(c2nc(CCC=O)cn(Cc3ccc(F)cc3)c2=O)CC1.CS(=O)(=O)N1CCN(c2nc(CCCN[C@@H]3C[C@H]3c3ccc(F)cc3)cn(Cc3ccc(F)cc3)c2=O)CC1.N[C@@H]1C[C@H]1c1ccc(F)cc1. The fraction of sp³-hybridized carbons (Fsp3) is 0.411. The van der Waals surface area contributed by atoms with Crippen LogP contribution in [-0.4, -0.2) is 134 Å². The smallest absolute Gasteiger partial charge is 0.293 e. The summed E-state index contributed by atoms with van der Waals surface area (Å²) in [7, 11) is -6.57. The molecule has 17 nitrogen and oxygen atoms in total. The van der Waals surface area contributed by atoms with Crippen molar-refractivity contribution < 1.29 is 39.2 Å². The summed E-state index contributed by atoms with van der Waals surface area (Å²) < 4.78 is 105. The van der Waals surface area contributed by atoms with Gasteiger partial charge < -0.3 is 34.8 Å². The third-order valence-electron chi connectivity index (χ3n) is 14.3. The number of nitrogens with zero attached hydrogens (tertiary/aromatic N) is 8. The first kappa shape index (κ1) is 58.5. The standard InChI is InChI=1S/C28H33F2N5O3S.C19H23FN4O4S.C9H10FN/c1-39(37,38)35-15-13-33(14-16-35)27-28(36)34(18-20-4-8-22(29)9-5-20)19-24(32-27)3-2-12-31-26-17-25(26)21-6-10-23(30)11-7-21;1-29(27,28)24-10-8-22(9-11-24)18-19(26)23(14-17(21-18)3-2-12-25)13-15-4-6-16(20)7-5-15;10-7-3-1-6(2-4-7)8-5-9(8)11/h4-11,19,25-26,31H,2-3,12-18H2,1H3;4-7,12,14H,2-3,8-11,13H2,1H3;1-4,8-9H,5,11H2/t25-,26+;;8-,9+/m0.0/s1. The zero-order chi connectivity index (χ0) is 56.4. The maximum Gasteiger partial charge on any atom is 0.293 e. The third kappa shape index (κ3) is 16.5. The molecule has 2 aliphatic carbocycles. The van der Waals surface area contributed by atoms with Crippen molar-refractivity contribution in [3.05, 3.63) is 187 Å². The number of hydrogen-bond acceptors (Lipinski definition) is 13. The van der Waals surface area contributed by atoms with E-state index in [1.165, 1.54) is 73.5 Å². The van der Waals surface area contributed by atoms with Gasteiger partial charge >= 0.3 is 0 Å². The Hall–Kier alpha value is -6.63. The molecule has 2 aromatic heterocycles. The molecule has 3 N–H and O–H groups in total. The maximum absolute atomic E-state index is 13.4. The number of nitrogens with two attached hydrogens (primary N) is 1. The summed E-state index contributed by atoms with van der Waals surface area (Å²) in [5.41, 5.74) is 10.3. The number of benzene rings is 4. The zero-order valence-electron chi connectivity index (χ0n) is 44.1. The van der Waals surface area contributed by atoms with Crippen LogP contribution in [0.25, 0.3) is 0 Å². The van der Waals surface area contributed by atoms with Gasteiger partial charge in [-0.3, -0.25) is 9.59 Å². The van der Waals surface area contributed by atoms with Crippen LogP contribution in [-0.2, 0) is 50.8 Å². The molecule has 2 aliphatic heterocycles. The van der Waals surface area contributed by atoms with E-state index in [2.05, 4.69) is 10.3 Å². The molecule has 23 heteroatoms. The number of rotatable bonds is 18. The second-order valence-corrected chi connectivity index (χ2v) is 24.3. The van der Waals surface area contributed by atoms with E-state index in [1.807, 2.05) is 29.2 Å². The van der Waals surface area contributed by atoms with Gasteiger partial charge in [0, 0.05) is 95.1 Å². The van der Waals surface area contributed by atoms with E-state index in [9.17, 15) is 48.8 Å². The lowest BCUT2D eigenvalue weighted by molar-refractivity contribution is -0.107. The summed E-state index contributed by atoms with van der Waals surface area (Å²) in [6.45, 7) is 3.90. The monoisotopic (exact) mass is 1130 g/mol. The van der Waals surface area contributed by atoms with Gasteiger partial charge in [-0.25, -0.2) is 44.4 Å². The summed E-state index contributed by atoms with van der Waals surface area (Å²) >= 11 is 0. The van der Waals surface area contributed by atoms with E-state index in [1.54, 1.807) is 46.1 Å². The predicted molar refractivity (Wildman–Crippen MR) is 295 cm³/mol. The number of anilines is 2. The minimum absolute atomic E-state index is 0.178. The van der Waals surface area contributed by atoms with Crippen molar-refractivity contribution in [1.29, 1.82) is 0 Å². The van der Waals surface area contributed by atoms with Crippen molar-refractivity contribution in [3.63, 3.8) is 0 Å². The van der Waals surface area contributed by atoms with E-state index in [4.69, 9.17) is 10.7 Å². The van der Waals surface area contributed by atoms with Crippen LogP contribution in [0.4, 0.5) is 29.2 Å². The van der Waals surface area contributed by atoms with Gasteiger partial charge in [0.05, 0.1) is 37.0 Å². The summed E-state index contributed by atoms with van der Waals surface area (Å²) in [6, 6.07) is 25.9. The lowest BCUT2D eigenvalue weighted by Crippen LogP contribution is -2.50. The highest BCUT2D eigenvalue weighted by atomic mass is 32.2. The molecule has 4 heterocycles. The van der Waals surface area contributed by atoms with Crippen molar-refractivity contribution in [2.75, 3.05) is 81.2 Å². The van der Waals surface area contributed by atoms with Crippen LogP contribution < -0.4 is 32.0 Å². The Morgan fingerprint density at radius 2 is 0.949 bits per heavy atom. The highest BCUT2D eigenvalue weighted by Crippen LogP contribution is 2.41. The van der Waals surface area contributed by atoms with E-state index in [0.717, 1.165) is 60.7 Å². The molecule has 4 atom stereocenters. The Morgan fingerprint density at radius 3 is 1.33 bits per heavy atom. The number of carbonyl (C=O) groups excluding carboxylic acids is 1. The molecule has 422 valence electrons. The number of aromatic nitrogens is 4. The molecule has 0 amide bonds. The summed E-state index contributed by atoms with van der Waals surface area (Å²) in [4.78, 5) is 50.0. The van der Waals surface area contributed by atoms with Gasteiger partial charge in [0.2, 0.25) is 20.0 Å². The van der Waals surface area contributed by atoms with Gasteiger partial charge in [-0.1, -0.05) is 48.5 Å². The second-order valence-electron chi connectivity index (χ2n) is 20.3. The van der Waals surface area contributed by atoms with Crippen molar-refractivity contribution in [1.82, 2.24) is 33.0 Å². The van der Waals surface area contributed by atoms with Gasteiger partial charge in [0.25, 0.3) is 11.1 Å². The van der Waals surface area contributed by atoms with Gasteiger partial charge in [0.1, 0.15) is 29.6 Å². The third-order valence-corrected chi connectivity index (χ3v) is 16.9. The number of aryl methyl sites for hydroxylation is 2. The van der Waals surface area contributed by atoms with Crippen LogP contribution >= 0.6 is 0 Å². The summed E-state index contributed by atoms with van der Waals surface area (Å²) in [5.74, 6) is 0.339. The fourth-order valence-corrected chi connectivity index (χ4v) is 11.3. The minimum atomic E-state index is -3.29. The minimum Gasteiger partial charge on any atom is -0.349 e. The van der Waals surface area contributed by atoms with Gasteiger partial charge in [-0.15, -0.1) is 0 Å². The quantitative estimate of drug-likeness (QED) is 0.0661. The van der Waals surface area contributed by atoms with Gasteiger partial charge in [0.15, 0.2) is 11.6 Å². The fourth-order valence-electron chi connectivity index (χ4n) is 9.65. The van der Waals surface area contributed by atoms with E-state index in [-0.39, 0.29) is 72.8 Å². The Bertz CT molecular complexity index is 3380. The summed E-state index contributed by atoms with van der Waals surface area (Å²) in [5, 5.41) is 3.56. The molecule has 6 aromatic rings. The largest absolute Gasteiger partial charge is 0.349 e. The molecule has 0 radical (unpaired) electrons. The average Bonchev–Trinajstić information content (AvgIpc) is 4.37. The number of nitrogens with one attached hydrogen (secondary N) is 1. The predicted octanol–water partition coefficient (Wildman–Crippen LogP) is 5.01. The van der Waals surface area contributed by atoms with Crippen LogP contribution in [0.1, 0.15) is 71.2 Å². The number of sulfonamides is 2. The molecule has 2 saturated heterocycles. The number of carbonyl (C=O) groups is 1. The topological polar surface area (TPSA) is 206 Å². The van der Waals surface area contributed by atoms with Crippen molar-refractivity contribution in [3.8, 4) is 0 Å². The molecular weight excluding hydrogens is 1060 g/mol. The normalized spacial score (nSPS) is 19.4. The number of aldehydes is 1. The Kier molecular flexibility index (Phi) is 19.3. The second kappa shape index (κ2) is 26.1. The Morgan fingerprint density at radius 1 is 0.570 bits per heavy atom. The first-order chi connectivity index (χ1) is 37.7. The molecule has 10 rings (SSSR count). The van der Waals surface area contributed by atoms with Crippen molar-refractivity contribution in [2.24, 2.45) is 5.73 Å². The van der Waals surface area contributed by atoms with Crippen LogP contribution in [0.5, 0.6) is 0 Å². The van der Waals surface area contributed by atoms with Crippen LogP contribution in [0, 0.1) is 23.3 Å². The molecule has 4 aliphatic rings.